The zero-order valence-corrected chi connectivity index (χ0v) is 12.7. The summed E-state index contributed by atoms with van der Waals surface area (Å²) in [7, 11) is 3.40. The lowest BCUT2D eigenvalue weighted by molar-refractivity contribution is -0.384. The molecule has 0 spiro atoms. The lowest BCUT2D eigenvalue weighted by Crippen LogP contribution is -2.26. The van der Waals surface area contributed by atoms with Crippen LogP contribution in [0.5, 0.6) is 0 Å². The highest BCUT2D eigenvalue weighted by Crippen LogP contribution is 2.26. The van der Waals surface area contributed by atoms with E-state index in [9.17, 15) is 14.9 Å². The number of benzene rings is 1. The summed E-state index contributed by atoms with van der Waals surface area (Å²) in [6.45, 7) is 3.28. The number of carbonyl (C=O) groups is 1. The molecule has 1 aromatic carbocycles. The fourth-order valence-electron chi connectivity index (χ4n) is 1.82. The summed E-state index contributed by atoms with van der Waals surface area (Å²) in [6.07, 6.45) is 1.28. The molecule has 1 aromatic rings. The molecular formula is C14H22N4O3. The molecule has 0 aliphatic carbocycles. The quantitative estimate of drug-likeness (QED) is 0.565. The number of nitro benzene ring substituents is 1. The van der Waals surface area contributed by atoms with Crippen molar-refractivity contribution >= 4 is 23.0 Å². The van der Waals surface area contributed by atoms with Gasteiger partial charge in [0, 0.05) is 57.1 Å². The van der Waals surface area contributed by atoms with E-state index in [-0.39, 0.29) is 11.6 Å². The number of hydrogen-bond acceptors (Lipinski definition) is 5. The van der Waals surface area contributed by atoms with Gasteiger partial charge in [0.1, 0.15) is 0 Å². The molecule has 0 saturated heterocycles. The Morgan fingerprint density at radius 2 is 2.10 bits per heavy atom. The van der Waals surface area contributed by atoms with Gasteiger partial charge in [-0.3, -0.25) is 14.9 Å². The van der Waals surface area contributed by atoms with Gasteiger partial charge in [-0.15, -0.1) is 0 Å². The lowest BCUT2D eigenvalue weighted by Gasteiger charge is -2.19. The normalized spacial score (nSPS) is 10.0. The van der Waals surface area contributed by atoms with Gasteiger partial charge in [0.2, 0.25) is 5.91 Å². The first-order valence-electron chi connectivity index (χ1n) is 6.93. The van der Waals surface area contributed by atoms with E-state index in [0.29, 0.717) is 24.3 Å². The fraction of sp³-hybridized carbons (Fsp3) is 0.500. The molecule has 0 aliphatic rings. The molecule has 0 radical (unpaired) electrons. The number of nitrogens with one attached hydrogen (secondary N) is 2. The Balaban J connectivity index is 2.90. The van der Waals surface area contributed by atoms with E-state index in [4.69, 9.17) is 0 Å². The number of hydrogen-bond donors (Lipinski definition) is 2. The van der Waals surface area contributed by atoms with Crippen molar-refractivity contribution in [1.29, 1.82) is 0 Å². The highest BCUT2D eigenvalue weighted by molar-refractivity contribution is 5.76. The zero-order valence-electron chi connectivity index (χ0n) is 12.7. The van der Waals surface area contributed by atoms with Crippen molar-refractivity contribution in [3.05, 3.63) is 28.3 Å². The van der Waals surface area contributed by atoms with Gasteiger partial charge in [0.25, 0.3) is 5.69 Å². The van der Waals surface area contributed by atoms with Crippen molar-refractivity contribution in [2.24, 2.45) is 0 Å². The smallest absolute Gasteiger partial charge is 0.273 e. The standard InChI is InChI=1S/C14H22N4O3/c1-4-6-16-11-8-12(10-13(9-11)18(20)21)17(3)7-5-14(19)15-2/h8-10,16H,4-7H2,1-3H3,(H,15,19). The second-order valence-electron chi connectivity index (χ2n) is 4.77. The van der Waals surface area contributed by atoms with E-state index in [0.717, 1.165) is 13.0 Å². The van der Waals surface area contributed by atoms with Crippen LogP contribution < -0.4 is 15.5 Å². The van der Waals surface area contributed by atoms with Gasteiger partial charge in [0.05, 0.1) is 4.92 Å². The number of carbonyl (C=O) groups excluding carboxylic acids is 1. The molecule has 0 heterocycles. The molecule has 0 atom stereocenters. The van der Waals surface area contributed by atoms with Crippen LogP contribution in [-0.2, 0) is 4.79 Å². The average molecular weight is 294 g/mol. The summed E-state index contributed by atoms with van der Waals surface area (Å²) in [4.78, 5) is 23.7. The van der Waals surface area contributed by atoms with E-state index in [1.165, 1.54) is 12.1 Å². The Hall–Kier alpha value is -2.31. The van der Waals surface area contributed by atoms with Crippen molar-refractivity contribution in [2.45, 2.75) is 19.8 Å². The van der Waals surface area contributed by atoms with Crippen LogP contribution in [0, 0.1) is 10.1 Å². The molecule has 1 amide bonds. The van der Waals surface area contributed by atoms with Crippen LogP contribution >= 0.6 is 0 Å². The lowest BCUT2D eigenvalue weighted by atomic mass is 10.2. The molecule has 7 nitrogen and oxygen atoms in total. The van der Waals surface area contributed by atoms with Crippen LogP contribution in [0.25, 0.3) is 0 Å². The minimum Gasteiger partial charge on any atom is -0.385 e. The minimum absolute atomic E-state index is 0.0397. The van der Waals surface area contributed by atoms with Crippen LogP contribution in [0.1, 0.15) is 19.8 Å². The maximum Gasteiger partial charge on any atom is 0.273 e. The average Bonchev–Trinajstić information content (AvgIpc) is 2.49. The summed E-state index contributed by atoms with van der Waals surface area (Å²) < 4.78 is 0. The number of anilines is 2. The molecule has 7 heteroatoms. The molecule has 0 aromatic heterocycles. The molecule has 116 valence electrons. The van der Waals surface area contributed by atoms with Crippen LogP contribution in [0.4, 0.5) is 17.1 Å². The first-order valence-corrected chi connectivity index (χ1v) is 6.93. The van der Waals surface area contributed by atoms with Crippen molar-refractivity contribution in [2.75, 3.05) is 37.4 Å². The molecule has 0 saturated carbocycles. The molecular weight excluding hydrogens is 272 g/mol. The molecule has 0 aliphatic heterocycles. The van der Waals surface area contributed by atoms with E-state index >= 15 is 0 Å². The third-order valence-corrected chi connectivity index (χ3v) is 3.09. The van der Waals surface area contributed by atoms with Crippen molar-refractivity contribution in [3.8, 4) is 0 Å². The second kappa shape index (κ2) is 8.08. The molecule has 2 N–H and O–H groups in total. The van der Waals surface area contributed by atoms with Gasteiger partial charge in [0.15, 0.2) is 0 Å². The number of amides is 1. The summed E-state index contributed by atoms with van der Waals surface area (Å²) in [5.74, 6) is -0.0587. The van der Waals surface area contributed by atoms with Crippen LogP contribution in [0.3, 0.4) is 0 Å². The van der Waals surface area contributed by atoms with Gasteiger partial charge >= 0.3 is 0 Å². The summed E-state index contributed by atoms with van der Waals surface area (Å²) in [6, 6.07) is 4.89. The van der Waals surface area contributed by atoms with Crippen LogP contribution in [0.2, 0.25) is 0 Å². The summed E-state index contributed by atoms with van der Waals surface area (Å²) >= 11 is 0. The van der Waals surface area contributed by atoms with Crippen molar-refractivity contribution in [3.63, 3.8) is 0 Å². The summed E-state index contributed by atoms with van der Waals surface area (Å²) in [5, 5.41) is 16.7. The van der Waals surface area contributed by atoms with Gasteiger partial charge < -0.3 is 15.5 Å². The molecule has 0 fully saturated rings. The van der Waals surface area contributed by atoms with E-state index in [1.807, 2.05) is 24.9 Å². The molecule has 0 unspecified atom stereocenters. The highest BCUT2D eigenvalue weighted by atomic mass is 16.6. The third-order valence-electron chi connectivity index (χ3n) is 3.09. The van der Waals surface area contributed by atoms with Crippen molar-refractivity contribution < 1.29 is 9.72 Å². The zero-order chi connectivity index (χ0) is 15.8. The number of rotatable bonds is 8. The number of nitro groups is 1. The Kier molecular flexibility index (Phi) is 6.45. The molecule has 21 heavy (non-hydrogen) atoms. The first-order chi connectivity index (χ1) is 9.97. The Bertz CT molecular complexity index is 505. The topological polar surface area (TPSA) is 87.5 Å². The first kappa shape index (κ1) is 16.7. The maximum atomic E-state index is 11.3. The monoisotopic (exact) mass is 294 g/mol. The second-order valence-corrected chi connectivity index (χ2v) is 4.77. The van der Waals surface area contributed by atoms with Crippen molar-refractivity contribution in [1.82, 2.24) is 5.32 Å². The Morgan fingerprint density at radius 3 is 2.67 bits per heavy atom. The summed E-state index contributed by atoms with van der Waals surface area (Å²) in [5.41, 5.74) is 1.47. The number of non-ortho nitro benzene ring substituents is 1. The molecule has 1 rings (SSSR count). The fourth-order valence-corrected chi connectivity index (χ4v) is 1.82. The largest absolute Gasteiger partial charge is 0.385 e. The Morgan fingerprint density at radius 1 is 1.38 bits per heavy atom. The van der Waals surface area contributed by atoms with Crippen LogP contribution in [0.15, 0.2) is 18.2 Å². The minimum atomic E-state index is -0.410. The predicted molar refractivity (Wildman–Crippen MR) is 83.8 cm³/mol. The van der Waals surface area contributed by atoms with Gasteiger partial charge in [-0.25, -0.2) is 0 Å². The highest BCUT2D eigenvalue weighted by Gasteiger charge is 2.12. The number of nitrogens with zero attached hydrogens (tertiary/aromatic N) is 2. The van der Waals surface area contributed by atoms with E-state index in [2.05, 4.69) is 10.6 Å². The van der Waals surface area contributed by atoms with Gasteiger partial charge in [-0.2, -0.15) is 0 Å². The third kappa shape index (κ3) is 5.29. The van der Waals surface area contributed by atoms with Gasteiger partial charge in [-0.1, -0.05) is 6.92 Å². The van der Waals surface area contributed by atoms with Crippen LogP contribution in [-0.4, -0.2) is 38.0 Å². The molecule has 0 bridgehead atoms. The predicted octanol–water partition coefficient (Wildman–Crippen LogP) is 1.99. The maximum absolute atomic E-state index is 11.3. The van der Waals surface area contributed by atoms with E-state index < -0.39 is 4.92 Å². The Labute approximate surface area is 124 Å². The van der Waals surface area contributed by atoms with E-state index in [1.54, 1.807) is 7.05 Å². The SMILES string of the molecule is CCCNc1cc(N(C)CCC(=O)NC)cc([N+](=O)[O-])c1. The van der Waals surface area contributed by atoms with Gasteiger partial charge in [-0.05, 0) is 12.5 Å².